The number of hydrogen-bond acceptors (Lipinski definition) is 6. The van der Waals surface area contributed by atoms with E-state index in [1.54, 1.807) is 45.0 Å². The van der Waals surface area contributed by atoms with Crippen molar-refractivity contribution in [2.24, 2.45) is 11.3 Å². The highest BCUT2D eigenvalue weighted by atomic mass is 32.2. The summed E-state index contributed by atoms with van der Waals surface area (Å²) in [5, 5.41) is 3.86. The largest absolute Gasteiger partial charge is 0.454 e. The molecule has 0 saturated carbocycles. The molecule has 1 aromatic carbocycles. The Bertz CT molecular complexity index is 894. The third-order valence-corrected chi connectivity index (χ3v) is 5.68. The smallest absolute Gasteiger partial charge is 0.307 e. The van der Waals surface area contributed by atoms with Gasteiger partial charge in [0.1, 0.15) is 0 Å². The molecule has 8 heteroatoms. The van der Waals surface area contributed by atoms with E-state index >= 15 is 0 Å². The molecule has 2 rings (SSSR count). The van der Waals surface area contributed by atoms with Crippen LogP contribution in [0.3, 0.4) is 0 Å². The standard InChI is InChI=1S/C20H25NO6S/c1-13(27-17(22)11-14-9-10-28(25,26)12-14)18(23)15-5-7-16(8-6-15)21-19(24)20(2,3)4/h5-10,13-14H,11-12H2,1-4H3,(H,21,24). The average molecular weight is 407 g/mol. The van der Waals surface area contributed by atoms with E-state index in [9.17, 15) is 22.8 Å². The normalized spacial score (nSPS) is 19.1. The Balaban J connectivity index is 1.91. The van der Waals surface area contributed by atoms with E-state index in [1.807, 2.05) is 0 Å². The van der Waals surface area contributed by atoms with Gasteiger partial charge in [-0.1, -0.05) is 26.8 Å². The first kappa shape index (κ1) is 21.8. The summed E-state index contributed by atoms with van der Waals surface area (Å²) in [6, 6.07) is 6.33. The second-order valence-electron chi connectivity index (χ2n) is 7.90. The number of ketones is 1. The van der Waals surface area contributed by atoms with Gasteiger partial charge in [-0.15, -0.1) is 0 Å². The van der Waals surface area contributed by atoms with E-state index in [-0.39, 0.29) is 23.9 Å². The van der Waals surface area contributed by atoms with Gasteiger partial charge in [0, 0.05) is 28.0 Å². The molecule has 0 saturated heterocycles. The first-order valence-corrected chi connectivity index (χ1v) is 10.6. The molecule has 1 N–H and O–H groups in total. The zero-order valence-corrected chi connectivity index (χ0v) is 17.2. The van der Waals surface area contributed by atoms with Crippen LogP contribution in [-0.2, 0) is 24.2 Å². The molecule has 1 amide bonds. The first-order chi connectivity index (χ1) is 12.9. The van der Waals surface area contributed by atoms with Gasteiger partial charge in [0.2, 0.25) is 11.7 Å². The molecular formula is C20H25NO6S. The van der Waals surface area contributed by atoms with Crippen LogP contribution in [0.5, 0.6) is 0 Å². The second kappa shape index (κ2) is 8.26. The molecular weight excluding hydrogens is 382 g/mol. The zero-order chi connectivity index (χ0) is 21.1. The molecule has 2 atom stereocenters. The van der Waals surface area contributed by atoms with Crippen LogP contribution in [0, 0.1) is 11.3 Å². The minimum atomic E-state index is -3.24. The van der Waals surface area contributed by atoms with Gasteiger partial charge in [-0.2, -0.15) is 0 Å². The maximum atomic E-state index is 12.4. The summed E-state index contributed by atoms with van der Waals surface area (Å²) in [5.74, 6) is -1.69. The lowest BCUT2D eigenvalue weighted by atomic mass is 9.95. The molecule has 0 radical (unpaired) electrons. The summed E-state index contributed by atoms with van der Waals surface area (Å²) in [6.07, 6.45) is 0.378. The number of ether oxygens (including phenoxy) is 1. The molecule has 0 fully saturated rings. The number of allylic oxidation sites excluding steroid dienone is 1. The SMILES string of the molecule is CC(OC(=O)CC1C=CS(=O)(=O)C1)C(=O)c1ccc(NC(=O)C(C)(C)C)cc1. The maximum Gasteiger partial charge on any atom is 0.307 e. The zero-order valence-electron chi connectivity index (χ0n) is 16.4. The molecule has 0 bridgehead atoms. The van der Waals surface area contributed by atoms with Crippen molar-refractivity contribution >= 4 is 33.2 Å². The van der Waals surface area contributed by atoms with E-state index < -0.39 is 33.2 Å². The van der Waals surface area contributed by atoms with Crippen LogP contribution in [0.4, 0.5) is 5.69 Å². The number of nitrogens with one attached hydrogen (secondary N) is 1. The Morgan fingerprint density at radius 3 is 2.29 bits per heavy atom. The van der Waals surface area contributed by atoms with Crippen molar-refractivity contribution in [3.8, 4) is 0 Å². The van der Waals surface area contributed by atoms with Crippen molar-refractivity contribution in [2.45, 2.75) is 40.2 Å². The Morgan fingerprint density at radius 1 is 1.18 bits per heavy atom. The molecule has 0 spiro atoms. The van der Waals surface area contributed by atoms with Crippen molar-refractivity contribution < 1.29 is 27.5 Å². The second-order valence-corrected chi connectivity index (χ2v) is 9.83. The minimum Gasteiger partial charge on any atom is -0.454 e. The third kappa shape index (κ3) is 6.02. The van der Waals surface area contributed by atoms with Gasteiger partial charge in [0.05, 0.1) is 12.2 Å². The lowest BCUT2D eigenvalue weighted by Crippen LogP contribution is -2.27. The molecule has 1 aliphatic heterocycles. The van der Waals surface area contributed by atoms with Crippen molar-refractivity contribution in [1.82, 2.24) is 0 Å². The van der Waals surface area contributed by atoms with E-state index in [0.29, 0.717) is 11.3 Å². The van der Waals surface area contributed by atoms with Gasteiger partial charge in [0.15, 0.2) is 15.9 Å². The third-order valence-electron chi connectivity index (χ3n) is 4.22. The number of carbonyl (C=O) groups is 3. The number of anilines is 1. The van der Waals surface area contributed by atoms with Gasteiger partial charge in [0.25, 0.3) is 0 Å². The minimum absolute atomic E-state index is 0.0921. The Kier molecular flexibility index (Phi) is 6.44. The van der Waals surface area contributed by atoms with Crippen LogP contribution >= 0.6 is 0 Å². The summed E-state index contributed by atoms with van der Waals surface area (Å²) < 4.78 is 27.9. The fraction of sp³-hybridized carbons (Fsp3) is 0.450. The van der Waals surface area contributed by atoms with Crippen molar-refractivity contribution in [2.75, 3.05) is 11.1 Å². The summed E-state index contributed by atoms with van der Waals surface area (Å²) in [7, 11) is -3.24. The van der Waals surface area contributed by atoms with Gasteiger partial charge < -0.3 is 10.1 Å². The van der Waals surface area contributed by atoms with Crippen LogP contribution in [0.1, 0.15) is 44.5 Å². The van der Waals surface area contributed by atoms with Crippen molar-refractivity contribution in [1.29, 1.82) is 0 Å². The van der Waals surface area contributed by atoms with E-state index in [2.05, 4.69) is 5.32 Å². The highest BCUT2D eigenvalue weighted by Crippen LogP contribution is 2.20. The fourth-order valence-corrected chi connectivity index (χ4v) is 3.95. The van der Waals surface area contributed by atoms with Crippen LogP contribution in [0.15, 0.2) is 35.7 Å². The van der Waals surface area contributed by atoms with Crippen LogP contribution in [-0.4, -0.2) is 37.9 Å². The topological polar surface area (TPSA) is 107 Å². The molecule has 2 unspecified atom stereocenters. The first-order valence-electron chi connectivity index (χ1n) is 8.93. The molecule has 0 aromatic heterocycles. The van der Waals surface area contributed by atoms with Crippen molar-refractivity contribution in [3.05, 3.63) is 41.3 Å². The van der Waals surface area contributed by atoms with Crippen LogP contribution in [0.2, 0.25) is 0 Å². The van der Waals surface area contributed by atoms with E-state index in [0.717, 1.165) is 5.41 Å². The lowest BCUT2D eigenvalue weighted by molar-refractivity contribution is -0.146. The van der Waals surface area contributed by atoms with Gasteiger partial charge in [-0.05, 0) is 31.2 Å². The van der Waals surface area contributed by atoms with Crippen LogP contribution < -0.4 is 5.32 Å². The van der Waals surface area contributed by atoms with Gasteiger partial charge in [-0.25, -0.2) is 8.42 Å². The average Bonchev–Trinajstić information content (AvgIpc) is 2.92. The molecule has 1 aromatic rings. The number of amides is 1. The van der Waals surface area contributed by atoms with Gasteiger partial charge >= 0.3 is 5.97 Å². The Labute approximate surface area is 165 Å². The molecule has 0 aliphatic carbocycles. The number of benzene rings is 1. The number of Topliss-reactive ketones (excluding diaryl/α,β-unsaturated/α-hetero) is 1. The number of rotatable bonds is 6. The highest BCUT2D eigenvalue weighted by Gasteiger charge is 2.27. The monoisotopic (exact) mass is 407 g/mol. The van der Waals surface area contributed by atoms with E-state index in [1.165, 1.54) is 13.0 Å². The highest BCUT2D eigenvalue weighted by molar-refractivity contribution is 7.94. The summed E-state index contributed by atoms with van der Waals surface area (Å²) in [6.45, 7) is 6.86. The summed E-state index contributed by atoms with van der Waals surface area (Å²) in [4.78, 5) is 36.4. The lowest BCUT2D eigenvalue weighted by Gasteiger charge is -2.18. The maximum absolute atomic E-state index is 12.4. The molecule has 28 heavy (non-hydrogen) atoms. The number of esters is 1. The summed E-state index contributed by atoms with van der Waals surface area (Å²) >= 11 is 0. The predicted octanol–water partition coefficient (Wildman–Crippen LogP) is 2.73. The Hall–Kier alpha value is -2.48. The molecule has 7 nitrogen and oxygen atoms in total. The predicted molar refractivity (Wildman–Crippen MR) is 105 cm³/mol. The van der Waals surface area contributed by atoms with Crippen LogP contribution in [0.25, 0.3) is 0 Å². The Morgan fingerprint density at radius 2 is 1.79 bits per heavy atom. The number of carbonyl (C=O) groups excluding carboxylic acids is 3. The van der Waals surface area contributed by atoms with Crippen molar-refractivity contribution in [3.63, 3.8) is 0 Å². The number of sulfone groups is 1. The molecule has 1 heterocycles. The number of hydrogen-bond donors (Lipinski definition) is 1. The quantitative estimate of drug-likeness (QED) is 0.574. The van der Waals surface area contributed by atoms with Gasteiger partial charge in [-0.3, -0.25) is 14.4 Å². The molecule has 152 valence electrons. The summed E-state index contributed by atoms with van der Waals surface area (Å²) in [5.41, 5.74) is 0.373. The fourth-order valence-electron chi connectivity index (χ4n) is 2.55. The molecule has 1 aliphatic rings. The van der Waals surface area contributed by atoms with E-state index in [4.69, 9.17) is 4.74 Å².